The number of ether oxygens (including phenoxy) is 2. The zero-order valence-electron chi connectivity index (χ0n) is 14.6. The third-order valence-electron chi connectivity index (χ3n) is 3.67. The lowest BCUT2D eigenvalue weighted by atomic mass is 10.1. The molecule has 0 N–H and O–H groups in total. The Morgan fingerprint density at radius 3 is 2.34 bits per heavy atom. The molecule has 0 aliphatic carbocycles. The first-order valence-electron chi connectivity index (χ1n) is 7.92. The number of aryl methyl sites for hydroxylation is 1. The molecule has 150 valence electrons. The van der Waals surface area contributed by atoms with Crippen LogP contribution >= 0.6 is 0 Å². The Hall–Kier alpha value is -3.68. The van der Waals surface area contributed by atoms with E-state index in [1.165, 1.54) is 31.3 Å². The monoisotopic (exact) mass is 410 g/mol. The number of hydrogen-bond acceptors (Lipinski definition) is 5. The number of alkyl halides is 5. The molecule has 0 saturated heterocycles. The molecule has 2 heterocycles. The fourth-order valence-corrected chi connectivity index (χ4v) is 2.38. The van der Waals surface area contributed by atoms with E-state index in [9.17, 15) is 27.2 Å². The zero-order chi connectivity index (χ0) is 21.2. The van der Waals surface area contributed by atoms with Gasteiger partial charge in [-0.1, -0.05) is 12.1 Å². The van der Waals surface area contributed by atoms with Crippen molar-refractivity contribution in [2.75, 3.05) is 0 Å². The minimum atomic E-state index is -4.48. The van der Waals surface area contributed by atoms with Gasteiger partial charge in [0.05, 0.1) is 29.0 Å². The highest BCUT2D eigenvalue weighted by Gasteiger charge is 2.30. The molecular weight excluding hydrogens is 399 g/mol. The molecule has 0 bridgehead atoms. The largest absolute Gasteiger partial charge is 0.421 e. The Balaban J connectivity index is 1.92. The van der Waals surface area contributed by atoms with E-state index in [0.717, 1.165) is 22.9 Å². The van der Waals surface area contributed by atoms with E-state index in [2.05, 4.69) is 14.8 Å². The normalized spacial score (nSPS) is 11.4. The summed E-state index contributed by atoms with van der Waals surface area (Å²) in [6, 6.07) is 9.89. The third kappa shape index (κ3) is 4.78. The van der Waals surface area contributed by atoms with Crippen LogP contribution in [0.25, 0.3) is 11.3 Å². The number of benzene rings is 1. The Morgan fingerprint density at radius 1 is 1.07 bits per heavy atom. The van der Waals surface area contributed by atoms with Crippen molar-refractivity contribution < 1.29 is 31.4 Å². The fourth-order valence-electron chi connectivity index (χ4n) is 2.38. The number of rotatable bonds is 5. The van der Waals surface area contributed by atoms with Crippen molar-refractivity contribution in [2.24, 2.45) is 7.05 Å². The summed E-state index contributed by atoms with van der Waals surface area (Å²) >= 11 is 0. The first-order valence-corrected chi connectivity index (χ1v) is 7.92. The molecule has 11 heteroatoms. The van der Waals surface area contributed by atoms with E-state index in [4.69, 9.17) is 4.74 Å². The molecule has 29 heavy (non-hydrogen) atoms. The molecule has 0 amide bonds. The van der Waals surface area contributed by atoms with Gasteiger partial charge in [0.1, 0.15) is 0 Å². The number of nitriles is 1. The summed E-state index contributed by atoms with van der Waals surface area (Å²) in [5, 5.41) is 12.9. The third-order valence-corrected chi connectivity index (χ3v) is 3.67. The van der Waals surface area contributed by atoms with E-state index in [1.54, 1.807) is 0 Å². The molecule has 6 nitrogen and oxygen atoms in total. The molecule has 0 fully saturated rings. The molecule has 0 radical (unpaired) electrons. The fraction of sp³-hybridized carbons (Fsp3) is 0.167. The molecule has 1 aromatic carbocycles. The average molecular weight is 410 g/mol. The zero-order valence-corrected chi connectivity index (χ0v) is 14.6. The second-order valence-corrected chi connectivity index (χ2v) is 5.69. The summed E-state index contributed by atoms with van der Waals surface area (Å²) in [7, 11) is 1.42. The Morgan fingerprint density at radius 2 is 1.76 bits per heavy atom. The molecule has 0 unspecified atom stereocenters. The van der Waals surface area contributed by atoms with E-state index in [0.29, 0.717) is 5.56 Å². The van der Waals surface area contributed by atoms with Gasteiger partial charge in [0, 0.05) is 18.7 Å². The summed E-state index contributed by atoms with van der Waals surface area (Å²) in [5.41, 5.74) is -0.169. The molecule has 0 saturated carbocycles. The van der Waals surface area contributed by atoms with Crippen LogP contribution in [-0.4, -0.2) is 21.4 Å². The molecule has 0 atom stereocenters. The second-order valence-electron chi connectivity index (χ2n) is 5.69. The van der Waals surface area contributed by atoms with Gasteiger partial charge in [-0.3, -0.25) is 0 Å². The molecule has 0 aliphatic heterocycles. The lowest BCUT2D eigenvalue weighted by Crippen LogP contribution is -2.04. The predicted molar refractivity (Wildman–Crippen MR) is 89.3 cm³/mol. The average Bonchev–Trinajstić information content (AvgIpc) is 2.98. The van der Waals surface area contributed by atoms with Crippen molar-refractivity contribution in [1.82, 2.24) is 14.8 Å². The summed E-state index contributed by atoms with van der Waals surface area (Å²) in [6.45, 7) is -3.07. The van der Waals surface area contributed by atoms with Crippen molar-refractivity contribution in [3.8, 4) is 35.0 Å². The van der Waals surface area contributed by atoms with Gasteiger partial charge in [-0.2, -0.15) is 27.2 Å². The van der Waals surface area contributed by atoms with Crippen LogP contribution in [-0.2, 0) is 13.2 Å². The highest BCUT2D eigenvalue weighted by molar-refractivity contribution is 5.62. The molecule has 2 aromatic heterocycles. The van der Waals surface area contributed by atoms with Crippen molar-refractivity contribution in [3.63, 3.8) is 0 Å². The lowest BCUT2D eigenvalue weighted by molar-refractivity contribution is -0.137. The number of nitrogens with zero attached hydrogens (tertiary/aromatic N) is 4. The maximum Gasteiger partial charge on any atom is 0.416 e. The molecule has 0 spiro atoms. The van der Waals surface area contributed by atoms with Gasteiger partial charge in [0.15, 0.2) is 0 Å². The van der Waals surface area contributed by atoms with Crippen LogP contribution < -0.4 is 9.47 Å². The Kier molecular flexibility index (Phi) is 5.36. The number of aromatic nitrogens is 3. The number of pyridine rings is 1. The van der Waals surface area contributed by atoms with E-state index in [-0.39, 0.29) is 28.9 Å². The van der Waals surface area contributed by atoms with E-state index >= 15 is 0 Å². The van der Waals surface area contributed by atoms with Gasteiger partial charge in [-0.05, 0) is 18.2 Å². The van der Waals surface area contributed by atoms with Crippen LogP contribution in [0.2, 0.25) is 0 Å². The Labute approximate surface area is 160 Å². The van der Waals surface area contributed by atoms with Crippen LogP contribution in [0.4, 0.5) is 22.0 Å². The smallest absolute Gasteiger partial charge is 0.416 e. The summed E-state index contributed by atoms with van der Waals surface area (Å²) in [4.78, 5) is 4.17. The molecule has 0 aliphatic rings. The molecule has 3 rings (SSSR count). The van der Waals surface area contributed by atoms with Gasteiger partial charge in [-0.25, -0.2) is 9.67 Å². The topological polar surface area (TPSA) is 73.0 Å². The highest BCUT2D eigenvalue weighted by Crippen LogP contribution is 2.32. The van der Waals surface area contributed by atoms with Crippen molar-refractivity contribution in [1.29, 1.82) is 5.26 Å². The number of hydrogen-bond donors (Lipinski definition) is 0. The maximum atomic E-state index is 12.7. The Bertz CT molecular complexity index is 1060. The first kappa shape index (κ1) is 20.1. The SMILES string of the molecule is Cn1nc(OC(F)F)cc1Oc1cc(C#N)cc(-c2ccc(C(F)(F)F)cc2)n1. The van der Waals surface area contributed by atoms with Crippen molar-refractivity contribution >= 4 is 0 Å². The second kappa shape index (κ2) is 7.75. The van der Waals surface area contributed by atoms with E-state index < -0.39 is 18.4 Å². The predicted octanol–water partition coefficient (Wildman–Crippen LogP) is 4.77. The van der Waals surface area contributed by atoms with Gasteiger partial charge in [0.25, 0.3) is 0 Å². The van der Waals surface area contributed by atoms with Gasteiger partial charge in [-0.15, -0.1) is 5.10 Å². The lowest BCUT2D eigenvalue weighted by Gasteiger charge is -2.09. The summed E-state index contributed by atoms with van der Waals surface area (Å²) in [5.74, 6) is -0.455. The van der Waals surface area contributed by atoms with Crippen molar-refractivity contribution in [3.05, 3.63) is 53.6 Å². The highest BCUT2D eigenvalue weighted by atomic mass is 19.4. The van der Waals surface area contributed by atoms with Gasteiger partial charge < -0.3 is 9.47 Å². The molecular formula is C18H11F5N4O2. The first-order chi connectivity index (χ1) is 13.7. The van der Waals surface area contributed by atoms with Crippen molar-refractivity contribution in [2.45, 2.75) is 12.8 Å². The maximum absolute atomic E-state index is 12.7. The summed E-state index contributed by atoms with van der Waals surface area (Å²) in [6.07, 6.45) is -4.48. The quantitative estimate of drug-likeness (QED) is 0.567. The van der Waals surface area contributed by atoms with Crippen LogP contribution in [0.15, 0.2) is 42.5 Å². The minimum Gasteiger partial charge on any atom is -0.421 e. The van der Waals surface area contributed by atoms with Gasteiger partial charge in [0.2, 0.25) is 17.6 Å². The summed E-state index contributed by atoms with van der Waals surface area (Å²) < 4.78 is 73.6. The van der Waals surface area contributed by atoms with E-state index in [1.807, 2.05) is 6.07 Å². The van der Waals surface area contributed by atoms with Crippen LogP contribution in [0.3, 0.4) is 0 Å². The minimum absolute atomic E-state index is 0.00149. The van der Waals surface area contributed by atoms with Crippen LogP contribution in [0.1, 0.15) is 11.1 Å². The number of halogens is 5. The van der Waals surface area contributed by atoms with Gasteiger partial charge >= 0.3 is 12.8 Å². The molecule has 3 aromatic rings. The van der Waals surface area contributed by atoms with Crippen LogP contribution in [0.5, 0.6) is 17.6 Å². The standard InChI is InChI=1S/C18H11F5N4O2/c1-27-16(8-15(26-27)29-17(19)20)28-14-7-10(9-24)6-13(25-14)11-2-4-12(5-3-11)18(21,22)23/h2-8,17H,1H3. The van der Waals surface area contributed by atoms with Crippen LogP contribution in [0, 0.1) is 11.3 Å².